The first-order valence-electron chi connectivity index (χ1n) is 10.5. The van der Waals surface area contributed by atoms with Crippen LogP contribution in [0.25, 0.3) is 0 Å². The third-order valence-electron chi connectivity index (χ3n) is 7.86. The molecule has 5 nitrogen and oxygen atoms in total. The zero-order valence-electron chi connectivity index (χ0n) is 17.6. The van der Waals surface area contributed by atoms with Crippen molar-refractivity contribution < 1.29 is 19.4 Å². The fourth-order valence-corrected chi connectivity index (χ4v) is 6.29. The van der Waals surface area contributed by atoms with Gasteiger partial charge in [0.1, 0.15) is 11.5 Å². The molecule has 1 spiro atoms. The van der Waals surface area contributed by atoms with Crippen LogP contribution in [0.4, 0.5) is 0 Å². The molecule has 3 fully saturated rings. The van der Waals surface area contributed by atoms with Crippen LogP contribution in [0, 0.1) is 28.6 Å². The Morgan fingerprint density at radius 1 is 1.36 bits per heavy atom. The van der Waals surface area contributed by atoms with Gasteiger partial charge in [-0.15, -0.1) is 0 Å². The normalized spacial score (nSPS) is 35.6. The minimum atomic E-state index is -0.164. The van der Waals surface area contributed by atoms with Crippen molar-refractivity contribution in [2.45, 2.75) is 59.1 Å². The van der Waals surface area contributed by atoms with Gasteiger partial charge in [-0.1, -0.05) is 27.7 Å². The van der Waals surface area contributed by atoms with E-state index in [1.807, 2.05) is 19.9 Å². The van der Waals surface area contributed by atoms with Gasteiger partial charge in [0.2, 0.25) is 5.91 Å². The number of phenolic OH excluding ortho intramolecular Hbond substituents is 1. The second-order valence-corrected chi connectivity index (χ2v) is 9.86. The Balaban J connectivity index is 1.71. The number of fused-ring (bicyclic) bond motifs is 1. The van der Waals surface area contributed by atoms with E-state index in [1.165, 1.54) is 0 Å². The van der Waals surface area contributed by atoms with Crippen molar-refractivity contribution in [1.29, 1.82) is 0 Å². The zero-order chi connectivity index (χ0) is 20.3. The number of rotatable bonds is 4. The molecule has 4 rings (SSSR count). The van der Waals surface area contributed by atoms with Crippen LogP contribution < -0.4 is 10.1 Å². The van der Waals surface area contributed by atoms with E-state index in [-0.39, 0.29) is 46.5 Å². The first-order valence-corrected chi connectivity index (χ1v) is 10.5. The molecule has 1 heterocycles. The molecule has 154 valence electrons. The molecule has 2 saturated carbocycles. The Kier molecular flexibility index (Phi) is 4.65. The summed E-state index contributed by atoms with van der Waals surface area (Å²) in [7, 11) is 1.64. The third kappa shape index (κ3) is 2.73. The Morgan fingerprint density at radius 3 is 2.79 bits per heavy atom. The summed E-state index contributed by atoms with van der Waals surface area (Å²) in [6.07, 6.45) is 2.99. The molecule has 1 amide bonds. The maximum Gasteiger partial charge on any atom is 0.222 e. The first-order chi connectivity index (χ1) is 13.2. The van der Waals surface area contributed by atoms with E-state index in [2.05, 4.69) is 19.2 Å². The second kappa shape index (κ2) is 6.65. The second-order valence-electron chi connectivity index (χ2n) is 9.86. The lowest BCUT2D eigenvalue weighted by Gasteiger charge is -2.53. The van der Waals surface area contributed by atoms with E-state index in [1.54, 1.807) is 19.2 Å². The number of amides is 1. The predicted molar refractivity (Wildman–Crippen MR) is 107 cm³/mol. The van der Waals surface area contributed by atoms with Crippen LogP contribution in [-0.2, 0) is 9.53 Å². The van der Waals surface area contributed by atoms with Crippen molar-refractivity contribution in [2.24, 2.45) is 28.6 Å². The van der Waals surface area contributed by atoms with E-state index in [4.69, 9.17) is 9.47 Å². The summed E-state index contributed by atoms with van der Waals surface area (Å²) < 4.78 is 11.6. The summed E-state index contributed by atoms with van der Waals surface area (Å²) in [5.74, 6) is 1.92. The predicted octanol–water partition coefficient (Wildman–Crippen LogP) is 4.06. The van der Waals surface area contributed by atoms with Crippen LogP contribution in [0.5, 0.6) is 11.5 Å². The Bertz CT molecular complexity index is 774. The Labute approximate surface area is 167 Å². The number of hydrogen-bond acceptors (Lipinski definition) is 4. The quantitative estimate of drug-likeness (QED) is 0.818. The topological polar surface area (TPSA) is 67.8 Å². The van der Waals surface area contributed by atoms with Crippen LogP contribution in [0.3, 0.4) is 0 Å². The maximum atomic E-state index is 12.6. The average Bonchev–Trinajstić information content (AvgIpc) is 3.14. The van der Waals surface area contributed by atoms with E-state index >= 15 is 0 Å². The smallest absolute Gasteiger partial charge is 0.222 e. The van der Waals surface area contributed by atoms with Gasteiger partial charge in [-0.25, -0.2) is 0 Å². The van der Waals surface area contributed by atoms with Crippen LogP contribution in [0.15, 0.2) is 18.2 Å². The van der Waals surface area contributed by atoms with Crippen molar-refractivity contribution in [3.05, 3.63) is 23.8 Å². The molecule has 1 saturated heterocycles. The number of benzene rings is 1. The molecule has 5 atom stereocenters. The van der Waals surface area contributed by atoms with E-state index in [0.717, 1.165) is 30.6 Å². The van der Waals surface area contributed by atoms with Crippen molar-refractivity contribution in [1.82, 2.24) is 5.32 Å². The molecule has 0 unspecified atom stereocenters. The van der Waals surface area contributed by atoms with Crippen LogP contribution >= 0.6 is 0 Å². The number of ether oxygens (including phenoxy) is 2. The number of hydrogen-bond donors (Lipinski definition) is 2. The maximum absolute atomic E-state index is 12.6. The minimum Gasteiger partial charge on any atom is -0.508 e. The van der Waals surface area contributed by atoms with Gasteiger partial charge < -0.3 is 19.9 Å². The zero-order valence-corrected chi connectivity index (χ0v) is 17.6. The van der Waals surface area contributed by atoms with Crippen LogP contribution in [0.2, 0.25) is 0 Å². The summed E-state index contributed by atoms with van der Waals surface area (Å²) >= 11 is 0. The van der Waals surface area contributed by atoms with Crippen molar-refractivity contribution in [3.8, 4) is 11.5 Å². The molecule has 2 N–H and O–H groups in total. The molecule has 1 aliphatic heterocycles. The number of carbonyl (C=O) groups excluding carboxylic acids is 1. The molecule has 1 aromatic carbocycles. The molecule has 5 heteroatoms. The van der Waals surface area contributed by atoms with Crippen molar-refractivity contribution in [2.75, 3.05) is 13.7 Å². The molecule has 2 aliphatic carbocycles. The van der Waals surface area contributed by atoms with Gasteiger partial charge in [0.05, 0.1) is 13.2 Å². The number of nitrogens with one attached hydrogen (secondary N) is 1. The molecule has 0 aromatic heterocycles. The van der Waals surface area contributed by atoms with Gasteiger partial charge in [0.25, 0.3) is 0 Å². The van der Waals surface area contributed by atoms with E-state index < -0.39 is 0 Å². The Morgan fingerprint density at radius 2 is 2.11 bits per heavy atom. The summed E-state index contributed by atoms with van der Waals surface area (Å²) in [4.78, 5) is 12.6. The van der Waals surface area contributed by atoms with Crippen LogP contribution in [-0.4, -0.2) is 30.8 Å². The van der Waals surface area contributed by atoms with Crippen molar-refractivity contribution >= 4 is 5.91 Å². The van der Waals surface area contributed by atoms with E-state index in [9.17, 15) is 9.90 Å². The lowest BCUT2D eigenvalue weighted by atomic mass is 9.58. The minimum absolute atomic E-state index is 0.0250. The summed E-state index contributed by atoms with van der Waals surface area (Å²) in [6.45, 7) is 9.16. The fraction of sp³-hybridized carbons (Fsp3) is 0.696. The summed E-state index contributed by atoms with van der Waals surface area (Å²) in [5.41, 5.74) is 0.902. The molecule has 0 radical (unpaired) electrons. The van der Waals surface area contributed by atoms with Gasteiger partial charge in [-0.05, 0) is 60.1 Å². The molecule has 3 aliphatic rings. The average molecular weight is 388 g/mol. The highest BCUT2D eigenvalue weighted by Gasteiger charge is 2.68. The third-order valence-corrected chi connectivity index (χ3v) is 7.86. The molecular weight excluding hydrogens is 354 g/mol. The number of phenols is 1. The van der Waals surface area contributed by atoms with Crippen molar-refractivity contribution in [3.63, 3.8) is 0 Å². The monoisotopic (exact) mass is 387 g/mol. The molecular formula is C23H33NO4. The highest BCUT2D eigenvalue weighted by Crippen LogP contribution is 2.70. The Hall–Kier alpha value is -1.75. The lowest BCUT2D eigenvalue weighted by molar-refractivity contribution is -0.139. The van der Waals surface area contributed by atoms with Gasteiger partial charge in [-0.2, -0.15) is 0 Å². The van der Waals surface area contributed by atoms with Gasteiger partial charge in [-0.3, -0.25) is 4.79 Å². The molecule has 28 heavy (non-hydrogen) atoms. The number of carbonyl (C=O) groups is 1. The molecule has 1 aromatic rings. The van der Waals surface area contributed by atoms with E-state index in [0.29, 0.717) is 12.5 Å². The summed E-state index contributed by atoms with van der Waals surface area (Å²) in [6, 6.07) is 5.50. The highest BCUT2D eigenvalue weighted by atomic mass is 16.5. The summed E-state index contributed by atoms with van der Waals surface area (Å²) in [5, 5.41) is 14.0. The number of methoxy groups -OCH3 is 1. The van der Waals surface area contributed by atoms with Gasteiger partial charge in [0, 0.05) is 24.1 Å². The standard InChI is InChI=1S/C23H33NO4/c1-13(2)20(26)24-21-22(3,4)14-10-17-19(28-9-8-23(17,21)12-14)16-11-15(27-5)6-7-18(16)25/h6-7,11,13-14,17,19,21,25H,8-10,12H2,1-5H3,(H,24,26)/t14-,17-,19-,21+,23-/m1/s1. The van der Waals surface area contributed by atoms with Gasteiger partial charge >= 0.3 is 0 Å². The van der Waals surface area contributed by atoms with Gasteiger partial charge in [0.15, 0.2) is 0 Å². The first kappa shape index (κ1) is 19.6. The lowest BCUT2D eigenvalue weighted by Crippen LogP contribution is -2.59. The van der Waals surface area contributed by atoms with Crippen LogP contribution in [0.1, 0.15) is 58.6 Å². The number of aromatic hydroxyl groups is 1. The SMILES string of the molecule is COc1ccc(O)c([C@H]2OCC[C@@]34C[C@@H](C[C@H]23)C(C)(C)[C@@H]4NC(=O)C(C)C)c1. The fourth-order valence-electron chi connectivity index (χ4n) is 6.29. The highest BCUT2D eigenvalue weighted by molar-refractivity contribution is 5.78. The molecule has 2 bridgehead atoms. The largest absolute Gasteiger partial charge is 0.508 e.